The highest BCUT2D eigenvalue weighted by molar-refractivity contribution is 9.11. The third-order valence-corrected chi connectivity index (χ3v) is 6.07. The van der Waals surface area contributed by atoms with E-state index in [-0.39, 0.29) is 5.38 Å². The first kappa shape index (κ1) is 16.0. The molecule has 1 aromatic carbocycles. The van der Waals surface area contributed by atoms with Crippen molar-refractivity contribution >= 4 is 50.5 Å². The van der Waals surface area contributed by atoms with Crippen LogP contribution in [0.2, 0.25) is 5.02 Å². The predicted molar refractivity (Wildman–Crippen MR) is 89.0 cm³/mol. The zero-order chi connectivity index (χ0) is 14.9. The highest BCUT2D eigenvalue weighted by atomic mass is 79.9. The summed E-state index contributed by atoms with van der Waals surface area (Å²) in [6.45, 7) is 2.03. The van der Waals surface area contributed by atoms with Gasteiger partial charge in [0.05, 0.1) is 23.4 Å². The van der Waals surface area contributed by atoms with Crippen molar-refractivity contribution in [2.45, 2.75) is 12.3 Å². The van der Waals surface area contributed by atoms with Crippen LogP contribution in [0.1, 0.15) is 21.4 Å². The zero-order valence-corrected chi connectivity index (χ0v) is 15.1. The Morgan fingerprint density at radius 1 is 1.25 bits per heavy atom. The molecule has 0 amide bonds. The van der Waals surface area contributed by atoms with Crippen LogP contribution in [0.25, 0.3) is 0 Å². The summed E-state index contributed by atoms with van der Waals surface area (Å²) in [5.41, 5.74) is 1.99. The number of methoxy groups -OCH3 is 2. The van der Waals surface area contributed by atoms with Gasteiger partial charge in [0, 0.05) is 10.4 Å². The van der Waals surface area contributed by atoms with Gasteiger partial charge in [-0.25, -0.2) is 0 Å². The van der Waals surface area contributed by atoms with Gasteiger partial charge in [-0.05, 0) is 46.6 Å². The van der Waals surface area contributed by atoms with Crippen molar-refractivity contribution in [1.82, 2.24) is 0 Å². The summed E-state index contributed by atoms with van der Waals surface area (Å²) in [7, 11) is 3.14. The molecule has 1 aromatic heterocycles. The molecule has 20 heavy (non-hydrogen) atoms. The number of rotatable bonds is 4. The van der Waals surface area contributed by atoms with Crippen LogP contribution in [0.4, 0.5) is 0 Å². The van der Waals surface area contributed by atoms with E-state index in [1.54, 1.807) is 31.6 Å². The molecule has 0 aliphatic heterocycles. The molecule has 0 aliphatic rings. The van der Waals surface area contributed by atoms with Crippen LogP contribution >= 0.6 is 50.5 Å². The van der Waals surface area contributed by atoms with E-state index in [4.69, 9.17) is 32.7 Å². The number of benzene rings is 1. The van der Waals surface area contributed by atoms with Crippen LogP contribution in [-0.4, -0.2) is 14.2 Å². The first-order chi connectivity index (χ1) is 9.49. The number of aryl methyl sites for hydroxylation is 1. The molecule has 0 radical (unpaired) electrons. The summed E-state index contributed by atoms with van der Waals surface area (Å²) < 4.78 is 11.7. The van der Waals surface area contributed by atoms with Gasteiger partial charge in [-0.1, -0.05) is 11.6 Å². The van der Waals surface area contributed by atoms with E-state index >= 15 is 0 Å². The molecule has 0 saturated carbocycles. The molecule has 1 heterocycles. The molecule has 0 spiro atoms. The number of halogens is 3. The molecule has 2 rings (SSSR count). The number of thiophene rings is 1. The molecule has 108 valence electrons. The highest BCUT2D eigenvalue weighted by Crippen LogP contribution is 2.45. The summed E-state index contributed by atoms with van der Waals surface area (Å²) in [6.07, 6.45) is 0. The minimum atomic E-state index is -0.316. The SMILES string of the molecule is COc1ccc(C(Cl)c2cc(C)c(Br)s2)c(OC)c1Cl. The minimum Gasteiger partial charge on any atom is -0.495 e. The summed E-state index contributed by atoms with van der Waals surface area (Å²) in [5.74, 6) is 1.12. The zero-order valence-electron chi connectivity index (χ0n) is 11.2. The molecule has 0 aliphatic carbocycles. The first-order valence-corrected chi connectivity index (χ1v) is 8.22. The van der Waals surface area contributed by atoms with Gasteiger partial charge in [0.1, 0.15) is 16.5 Å². The normalized spacial score (nSPS) is 12.3. The molecule has 2 nitrogen and oxygen atoms in total. The van der Waals surface area contributed by atoms with E-state index in [1.165, 1.54) is 0 Å². The second-order valence-electron chi connectivity index (χ2n) is 4.17. The smallest absolute Gasteiger partial charge is 0.146 e. The fourth-order valence-electron chi connectivity index (χ4n) is 1.88. The van der Waals surface area contributed by atoms with Crippen LogP contribution in [0.5, 0.6) is 11.5 Å². The molecular weight excluding hydrogens is 383 g/mol. The average molecular weight is 396 g/mol. The van der Waals surface area contributed by atoms with E-state index in [2.05, 4.69) is 22.0 Å². The van der Waals surface area contributed by atoms with E-state index < -0.39 is 0 Å². The van der Waals surface area contributed by atoms with Gasteiger partial charge in [-0.15, -0.1) is 22.9 Å². The molecule has 1 unspecified atom stereocenters. The van der Waals surface area contributed by atoms with E-state index in [0.717, 1.165) is 19.8 Å². The number of alkyl halides is 1. The molecule has 0 saturated heterocycles. The van der Waals surface area contributed by atoms with Crippen LogP contribution < -0.4 is 9.47 Å². The summed E-state index contributed by atoms with van der Waals surface area (Å²) in [5, 5.41) is 0.119. The highest BCUT2D eigenvalue weighted by Gasteiger charge is 2.22. The number of hydrogen-bond acceptors (Lipinski definition) is 3. The maximum absolute atomic E-state index is 6.58. The second kappa shape index (κ2) is 6.56. The fourth-order valence-corrected chi connectivity index (χ4v) is 4.14. The third kappa shape index (κ3) is 2.93. The molecule has 0 bridgehead atoms. The Kier molecular flexibility index (Phi) is 5.24. The van der Waals surface area contributed by atoms with Gasteiger partial charge < -0.3 is 9.47 Å². The fraction of sp³-hybridized carbons (Fsp3) is 0.286. The maximum Gasteiger partial charge on any atom is 0.146 e. The lowest BCUT2D eigenvalue weighted by Gasteiger charge is -2.16. The number of ether oxygens (including phenoxy) is 2. The quantitative estimate of drug-likeness (QED) is 0.607. The number of hydrogen-bond donors (Lipinski definition) is 0. The molecule has 0 fully saturated rings. The third-order valence-electron chi connectivity index (χ3n) is 2.92. The summed E-state index contributed by atoms with van der Waals surface area (Å²) >= 11 is 18.0. The first-order valence-electron chi connectivity index (χ1n) is 5.79. The lowest BCUT2D eigenvalue weighted by Crippen LogP contribution is -1.98. The average Bonchev–Trinajstić information content (AvgIpc) is 2.77. The summed E-state index contributed by atoms with van der Waals surface area (Å²) in [4.78, 5) is 1.04. The Hall–Kier alpha value is -0.420. The van der Waals surface area contributed by atoms with Crippen molar-refractivity contribution < 1.29 is 9.47 Å². The topological polar surface area (TPSA) is 18.5 Å². The van der Waals surface area contributed by atoms with Crippen LogP contribution in [0, 0.1) is 6.92 Å². The van der Waals surface area contributed by atoms with Crippen molar-refractivity contribution in [3.8, 4) is 11.5 Å². The lowest BCUT2D eigenvalue weighted by atomic mass is 10.1. The molecule has 1 atom stereocenters. The molecule has 2 aromatic rings. The monoisotopic (exact) mass is 394 g/mol. The Morgan fingerprint density at radius 3 is 2.45 bits per heavy atom. The molecule has 6 heteroatoms. The van der Waals surface area contributed by atoms with Gasteiger partial charge in [0.15, 0.2) is 0 Å². The standard InChI is InChI=1S/C14H13BrCl2O2S/c1-7-6-10(20-14(7)15)11(16)8-4-5-9(18-2)12(17)13(8)19-3/h4-6,11H,1-3H3. The summed E-state index contributed by atoms with van der Waals surface area (Å²) in [6, 6.07) is 5.74. The molecule has 0 N–H and O–H groups in total. The van der Waals surface area contributed by atoms with E-state index in [9.17, 15) is 0 Å². The van der Waals surface area contributed by atoms with E-state index in [0.29, 0.717) is 16.5 Å². The van der Waals surface area contributed by atoms with Gasteiger partial charge >= 0.3 is 0 Å². The van der Waals surface area contributed by atoms with Crippen molar-refractivity contribution in [2.24, 2.45) is 0 Å². The minimum absolute atomic E-state index is 0.316. The maximum atomic E-state index is 6.58. The van der Waals surface area contributed by atoms with Crippen molar-refractivity contribution in [3.63, 3.8) is 0 Å². The van der Waals surface area contributed by atoms with E-state index in [1.807, 2.05) is 13.0 Å². The van der Waals surface area contributed by atoms with Crippen molar-refractivity contribution in [3.05, 3.63) is 43.0 Å². The Balaban J connectivity index is 2.49. The van der Waals surface area contributed by atoms with Gasteiger partial charge in [0.2, 0.25) is 0 Å². The Labute approximate surface area is 140 Å². The Bertz CT molecular complexity index is 608. The Morgan fingerprint density at radius 2 is 1.95 bits per heavy atom. The van der Waals surface area contributed by atoms with Gasteiger partial charge in [-0.3, -0.25) is 0 Å². The largest absolute Gasteiger partial charge is 0.495 e. The van der Waals surface area contributed by atoms with Crippen molar-refractivity contribution in [2.75, 3.05) is 14.2 Å². The van der Waals surface area contributed by atoms with Gasteiger partial charge in [-0.2, -0.15) is 0 Å². The van der Waals surface area contributed by atoms with Crippen LogP contribution in [0.15, 0.2) is 22.0 Å². The van der Waals surface area contributed by atoms with Crippen LogP contribution in [0.3, 0.4) is 0 Å². The predicted octanol–water partition coefficient (Wildman–Crippen LogP) is 5.82. The van der Waals surface area contributed by atoms with Gasteiger partial charge in [0.25, 0.3) is 0 Å². The second-order valence-corrected chi connectivity index (χ2v) is 7.39. The van der Waals surface area contributed by atoms with Crippen LogP contribution in [-0.2, 0) is 0 Å². The lowest BCUT2D eigenvalue weighted by molar-refractivity contribution is 0.392. The van der Waals surface area contributed by atoms with Crippen molar-refractivity contribution in [1.29, 1.82) is 0 Å². The molecular formula is C14H13BrCl2O2S.